The van der Waals surface area contributed by atoms with E-state index in [1.165, 1.54) is 25.1 Å². The highest BCUT2D eigenvalue weighted by molar-refractivity contribution is 7.89. The number of hydrogen-bond donors (Lipinski definition) is 1. The van der Waals surface area contributed by atoms with E-state index >= 15 is 0 Å². The predicted molar refractivity (Wildman–Crippen MR) is 72.3 cm³/mol. The lowest BCUT2D eigenvalue weighted by molar-refractivity contribution is -0.144. The van der Waals surface area contributed by atoms with Gasteiger partial charge in [-0.05, 0) is 44.5 Å². The van der Waals surface area contributed by atoms with Crippen molar-refractivity contribution in [1.29, 1.82) is 5.26 Å². The Kier molecular flexibility index (Phi) is 5.25. The zero-order valence-electron chi connectivity index (χ0n) is 11.5. The second-order valence-electron chi connectivity index (χ2n) is 4.18. The van der Waals surface area contributed by atoms with Crippen LogP contribution in [-0.2, 0) is 19.6 Å². The molecule has 0 aliphatic carbocycles. The maximum atomic E-state index is 12.1. The van der Waals surface area contributed by atoms with Crippen molar-refractivity contribution < 1.29 is 17.9 Å². The van der Waals surface area contributed by atoms with Gasteiger partial charge in [0.1, 0.15) is 6.04 Å². The van der Waals surface area contributed by atoms with Crippen molar-refractivity contribution >= 4 is 16.0 Å². The lowest BCUT2D eigenvalue weighted by Gasteiger charge is -2.13. The van der Waals surface area contributed by atoms with Crippen LogP contribution in [0, 0.1) is 18.3 Å². The predicted octanol–water partition coefficient (Wildman–Crippen LogP) is 1.10. The van der Waals surface area contributed by atoms with Gasteiger partial charge >= 0.3 is 5.97 Å². The second kappa shape index (κ2) is 6.50. The van der Waals surface area contributed by atoms with Gasteiger partial charge in [0.25, 0.3) is 0 Å². The lowest BCUT2D eigenvalue weighted by atomic mass is 10.1. The number of benzene rings is 1. The molecule has 0 aromatic heterocycles. The van der Waals surface area contributed by atoms with Crippen LogP contribution < -0.4 is 4.72 Å². The topological polar surface area (TPSA) is 96.3 Å². The molecule has 0 aliphatic heterocycles. The Bertz CT molecular complexity index is 647. The van der Waals surface area contributed by atoms with Crippen LogP contribution in [-0.4, -0.2) is 27.0 Å². The molecule has 0 fully saturated rings. The van der Waals surface area contributed by atoms with Crippen molar-refractivity contribution in [3.8, 4) is 6.07 Å². The molecule has 0 spiro atoms. The van der Waals surface area contributed by atoms with Crippen molar-refractivity contribution in [2.24, 2.45) is 0 Å². The Hall–Kier alpha value is -1.91. The molecule has 0 aliphatic rings. The number of esters is 1. The van der Waals surface area contributed by atoms with Crippen LogP contribution in [0.5, 0.6) is 0 Å². The summed E-state index contributed by atoms with van der Waals surface area (Å²) in [6.45, 7) is 4.88. The van der Waals surface area contributed by atoms with Crippen molar-refractivity contribution in [3.05, 3.63) is 29.3 Å². The molecule has 1 aromatic carbocycles. The third kappa shape index (κ3) is 3.79. The molecule has 0 saturated heterocycles. The van der Waals surface area contributed by atoms with E-state index in [-0.39, 0.29) is 11.5 Å². The first-order valence-corrected chi connectivity index (χ1v) is 7.50. The largest absolute Gasteiger partial charge is 0.465 e. The fraction of sp³-hybridized carbons (Fsp3) is 0.385. The number of aryl methyl sites for hydroxylation is 1. The van der Waals surface area contributed by atoms with Crippen molar-refractivity contribution in [3.63, 3.8) is 0 Å². The number of nitrogens with zero attached hydrogens (tertiary/aromatic N) is 1. The van der Waals surface area contributed by atoms with E-state index in [0.29, 0.717) is 11.1 Å². The van der Waals surface area contributed by atoms with Gasteiger partial charge in [-0.15, -0.1) is 0 Å². The molecule has 20 heavy (non-hydrogen) atoms. The Labute approximate surface area is 118 Å². The molecular formula is C13H16N2O4S. The van der Waals surface area contributed by atoms with E-state index in [0.717, 1.165) is 0 Å². The molecule has 0 saturated carbocycles. The number of carbonyl (C=O) groups excluding carboxylic acids is 1. The van der Waals surface area contributed by atoms with Gasteiger partial charge < -0.3 is 4.74 Å². The molecule has 0 amide bonds. The van der Waals surface area contributed by atoms with Gasteiger partial charge in [-0.25, -0.2) is 8.42 Å². The quantitative estimate of drug-likeness (QED) is 0.821. The molecule has 1 aromatic rings. The molecule has 1 atom stereocenters. The summed E-state index contributed by atoms with van der Waals surface area (Å²) in [5.41, 5.74) is 0.960. The summed E-state index contributed by atoms with van der Waals surface area (Å²) in [6, 6.07) is 5.13. The highest BCUT2D eigenvalue weighted by Gasteiger charge is 2.23. The molecule has 1 unspecified atom stereocenters. The van der Waals surface area contributed by atoms with Crippen LogP contribution in [0.2, 0.25) is 0 Å². The van der Waals surface area contributed by atoms with Gasteiger partial charge in [-0.3, -0.25) is 4.79 Å². The minimum Gasteiger partial charge on any atom is -0.465 e. The van der Waals surface area contributed by atoms with E-state index in [4.69, 9.17) is 10.00 Å². The summed E-state index contributed by atoms with van der Waals surface area (Å²) < 4.78 is 31.2. The monoisotopic (exact) mass is 296 g/mol. The SMILES string of the molecule is CCOC(=O)C(C)NS(=O)(=O)c1ccc(C#N)c(C)c1. The average molecular weight is 296 g/mol. The van der Waals surface area contributed by atoms with Gasteiger partial charge in [0.15, 0.2) is 0 Å². The number of ether oxygens (including phenoxy) is 1. The molecule has 0 radical (unpaired) electrons. The first kappa shape index (κ1) is 16.1. The minimum atomic E-state index is -3.83. The van der Waals surface area contributed by atoms with Crippen molar-refractivity contribution in [2.75, 3.05) is 6.61 Å². The molecule has 0 heterocycles. The highest BCUT2D eigenvalue weighted by atomic mass is 32.2. The molecule has 108 valence electrons. The third-order valence-corrected chi connectivity index (χ3v) is 4.14. The van der Waals surface area contributed by atoms with Gasteiger partial charge in [0.2, 0.25) is 10.0 Å². The van der Waals surface area contributed by atoms with Crippen LogP contribution in [0.25, 0.3) is 0 Å². The van der Waals surface area contributed by atoms with Crippen LogP contribution in [0.15, 0.2) is 23.1 Å². The first-order valence-electron chi connectivity index (χ1n) is 6.01. The molecular weight excluding hydrogens is 280 g/mol. The normalized spacial score (nSPS) is 12.5. The number of nitriles is 1. The number of rotatable bonds is 5. The van der Waals surface area contributed by atoms with Gasteiger partial charge in [-0.1, -0.05) is 0 Å². The van der Waals surface area contributed by atoms with E-state index < -0.39 is 22.0 Å². The van der Waals surface area contributed by atoms with Crippen LogP contribution >= 0.6 is 0 Å². The second-order valence-corrected chi connectivity index (χ2v) is 5.90. The van der Waals surface area contributed by atoms with Gasteiger partial charge in [0.05, 0.1) is 23.1 Å². The summed E-state index contributed by atoms with van der Waals surface area (Å²) >= 11 is 0. The minimum absolute atomic E-state index is 0.00477. The summed E-state index contributed by atoms with van der Waals surface area (Å²) in [4.78, 5) is 11.4. The number of hydrogen-bond acceptors (Lipinski definition) is 5. The van der Waals surface area contributed by atoms with Crippen molar-refractivity contribution in [1.82, 2.24) is 4.72 Å². The molecule has 0 bridgehead atoms. The number of sulfonamides is 1. The van der Waals surface area contributed by atoms with Crippen LogP contribution in [0.4, 0.5) is 0 Å². The van der Waals surface area contributed by atoms with Crippen LogP contribution in [0.3, 0.4) is 0 Å². The Morgan fingerprint density at radius 1 is 1.50 bits per heavy atom. The van der Waals surface area contributed by atoms with E-state index in [9.17, 15) is 13.2 Å². The summed E-state index contributed by atoms with van der Waals surface area (Å²) in [6.07, 6.45) is 0. The standard InChI is InChI=1S/C13H16N2O4S/c1-4-19-13(16)10(3)15-20(17,18)12-6-5-11(8-14)9(2)7-12/h5-7,10,15H,4H2,1-3H3. The fourth-order valence-corrected chi connectivity index (χ4v) is 2.82. The van der Waals surface area contributed by atoms with Crippen molar-refractivity contribution in [2.45, 2.75) is 31.7 Å². The fourth-order valence-electron chi connectivity index (χ4n) is 1.54. The zero-order valence-corrected chi connectivity index (χ0v) is 12.3. The third-order valence-electron chi connectivity index (χ3n) is 2.60. The summed E-state index contributed by atoms with van der Waals surface area (Å²) in [5, 5.41) is 8.81. The van der Waals surface area contributed by atoms with Gasteiger partial charge in [0, 0.05) is 0 Å². The lowest BCUT2D eigenvalue weighted by Crippen LogP contribution is -2.39. The Morgan fingerprint density at radius 3 is 2.65 bits per heavy atom. The zero-order chi connectivity index (χ0) is 15.3. The van der Waals surface area contributed by atoms with E-state index in [2.05, 4.69) is 4.72 Å². The molecule has 1 N–H and O–H groups in total. The number of carbonyl (C=O) groups is 1. The molecule has 7 heteroatoms. The molecule has 1 rings (SSSR count). The van der Waals surface area contributed by atoms with Gasteiger partial charge in [-0.2, -0.15) is 9.98 Å². The summed E-state index contributed by atoms with van der Waals surface area (Å²) in [5.74, 6) is -0.638. The Morgan fingerprint density at radius 2 is 2.15 bits per heavy atom. The van der Waals surface area contributed by atoms with E-state index in [1.807, 2.05) is 6.07 Å². The van der Waals surface area contributed by atoms with E-state index in [1.54, 1.807) is 13.8 Å². The molecule has 6 nitrogen and oxygen atoms in total. The average Bonchev–Trinajstić information content (AvgIpc) is 2.38. The van der Waals surface area contributed by atoms with Crippen LogP contribution in [0.1, 0.15) is 25.0 Å². The smallest absolute Gasteiger partial charge is 0.323 e. The number of nitrogens with one attached hydrogen (secondary N) is 1. The maximum Gasteiger partial charge on any atom is 0.323 e. The first-order chi connectivity index (χ1) is 9.31. The summed E-state index contributed by atoms with van der Waals surface area (Å²) in [7, 11) is -3.83. The maximum absolute atomic E-state index is 12.1. The Balaban J connectivity index is 2.98. The highest BCUT2D eigenvalue weighted by Crippen LogP contribution is 2.15.